The van der Waals surface area contributed by atoms with Gasteiger partial charge in [-0.1, -0.05) is 30.3 Å². The van der Waals surface area contributed by atoms with Gasteiger partial charge in [-0.2, -0.15) is 0 Å². The van der Waals surface area contributed by atoms with Crippen molar-refractivity contribution in [1.82, 2.24) is 0 Å². The molecule has 0 radical (unpaired) electrons. The smallest absolute Gasteiger partial charge is 0.252 e. The quantitative estimate of drug-likeness (QED) is 0.730. The Morgan fingerprint density at radius 2 is 1.83 bits per heavy atom. The maximum atomic E-state index is 13.2. The number of nitrogens with two attached hydrogens (primary N) is 1. The van der Waals surface area contributed by atoms with Crippen LogP contribution >= 0.6 is 0 Å². The SMILES string of the molecule is N[C@H]1CS(=O)(=O)c2ccc(C(=O)C[C@@H]3CC3(F)F)cc2N(Cc2ccccc2)C1=O. The van der Waals surface area contributed by atoms with E-state index in [9.17, 15) is 26.8 Å². The van der Waals surface area contributed by atoms with E-state index in [1.165, 1.54) is 23.1 Å². The van der Waals surface area contributed by atoms with E-state index >= 15 is 0 Å². The number of ketones is 1. The first-order chi connectivity index (χ1) is 14.1. The number of halogens is 2. The summed E-state index contributed by atoms with van der Waals surface area (Å²) in [5.74, 6) is -5.47. The van der Waals surface area contributed by atoms with E-state index in [1.54, 1.807) is 24.3 Å². The Bertz CT molecular complexity index is 1120. The van der Waals surface area contributed by atoms with Gasteiger partial charge in [0.15, 0.2) is 15.6 Å². The Kier molecular flexibility index (Phi) is 4.98. The van der Waals surface area contributed by atoms with Crippen molar-refractivity contribution in [2.24, 2.45) is 11.7 Å². The third-order valence-corrected chi connectivity index (χ3v) is 7.27. The first kappa shape index (κ1) is 20.6. The highest BCUT2D eigenvalue weighted by molar-refractivity contribution is 7.91. The van der Waals surface area contributed by atoms with Crippen molar-refractivity contribution in [3.8, 4) is 0 Å². The van der Waals surface area contributed by atoms with Gasteiger partial charge in [-0.3, -0.25) is 9.59 Å². The van der Waals surface area contributed by atoms with Crippen LogP contribution in [0.15, 0.2) is 53.4 Å². The molecule has 0 spiro atoms. The van der Waals surface area contributed by atoms with E-state index in [0.717, 1.165) is 5.56 Å². The minimum Gasteiger partial charge on any atom is -0.319 e. The summed E-state index contributed by atoms with van der Waals surface area (Å²) in [5, 5.41) is 0. The van der Waals surface area contributed by atoms with Gasteiger partial charge >= 0.3 is 0 Å². The molecule has 2 N–H and O–H groups in total. The summed E-state index contributed by atoms with van der Waals surface area (Å²) >= 11 is 0. The zero-order valence-electron chi connectivity index (χ0n) is 15.9. The van der Waals surface area contributed by atoms with Gasteiger partial charge in [-0.05, 0) is 23.8 Å². The molecule has 1 saturated carbocycles. The van der Waals surface area contributed by atoms with Gasteiger partial charge in [0.1, 0.15) is 0 Å². The molecule has 1 fully saturated rings. The van der Waals surface area contributed by atoms with Crippen molar-refractivity contribution in [3.63, 3.8) is 0 Å². The van der Waals surface area contributed by atoms with Gasteiger partial charge in [-0.15, -0.1) is 0 Å². The molecule has 0 saturated heterocycles. The maximum Gasteiger partial charge on any atom is 0.252 e. The summed E-state index contributed by atoms with van der Waals surface area (Å²) in [5.41, 5.74) is 6.74. The molecule has 2 atom stereocenters. The molecule has 2 aromatic carbocycles. The lowest BCUT2D eigenvalue weighted by Gasteiger charge is -2.24. The van der Waals surface area contributed by atoms with E-state index in [2.05, 4.69) is 0 Å². The highest BCUT2D eigenvalue weighted by Crippen LogP contribution is 2.51. The highest BCUT2D eigenvalue weighted by Gasteiger charge is 2.57. The molecular formula is C21H20F2N2O4S. The molecule has 1 aliphatic carbocycles. The van der Waals surface area contributed by atoms with Crippen LogP contribution in [0.5, 0.6) is 0 Å². The highest BCUT2D eigenvalue weighted by atomic mass is 32.2. The normalized spacial score (nSPS) is 24.1. The van der Waals surface area contributed by atoms with Crippen LogP contribution in [-0.4, -0.2) is 37.8 Å². The summed E-state index contributed by atoms with van der Waals surface area (Å²) in [6, 6.07) is 11.5. The van der Waals surface area contributed by atoms with E-state index in [4.69, 9.17) is 5.73 Å². The van der Waals surface area contributed by atoms with Gasteiger partial charge in [0.2, 0.25) is 5.91 Å². The fourth-order valence-corrected chi connectivity index (χ4v) is 5.20. The van der Waals surface area contributed by atoms with Crippen LogP contribution in [0.25, 0.3) is 0 Å². The van der Waals surface area contributed by atoms with Crippen molar-refractivity contribution < 1.29 is 26.8 Å². The lowest BCUT2D eigenvalue weighted by Crippen LogP contribution is -2.45. The maximum absolute atomic E-state index is 13.2. The van der Waals surface area contributed by atoms with Crippen LogP contribution in [0, 0.1) is 5.92 Å². The molecule has 1 amide bonds. The summed E-state index contributed by atoms with van der Waals surface area (Å²) in [6.07, 6.45) is -0.657. The second-order valence-corrected chi connectivity index (χ2v) is 9.77. The molecule has 1 aliphatic heterocycles. The van der Waals surface area contributed by atoms with E-state index in [1.807, 2.05) is 6.07 Å². The van der Waals surface area contributed by atoms with Gasteiger partial charge in [-0.25, -0.2) is 17.2 Å². The molecule has 158 valence electrons. The van der Waals surface area contributed by atoms with Gasteiger partial charge < -0.3 is 10.6 Å². The summed E-state index contributed by atoms with van der Waals surface area (Å²) in [4.78, 5) is 26.6. The predicted molar refractivity (Wildman–Crippen MR) is 106 cm³/mol. The molecule has 0 unspecified atom stereocenters. The van der Waals surface area contributed by atoms with Crippen LogP contribution in [0.3, 0.4) is 0 Å². The molecule has 1 heterocycles. The lowest BCUT2D eigenvalue weighted by atomic mass is 10.0. The Balaban J connectivity index is 1.75. The van der Waals surface area contributed by atoms with Crippen molar-refractivity contribution in [2.45, 2.75) is 36.2 Å². The van der Waals surface area contributed by atoms with Crippen molar-refractivity contribution in [1.29, 1.82) is 0 Å². The predicted octanol–water partition coefficient (Wildman–Crippen LogP) is 2.56. The number of nitrogens with zero attached hydrogens (tertiary/aromatic N) is 1. The zero-order valence-corrected chi connectivity index (χ0v) is 16.7. The van der Waals surface area contributed by atoms with E-state index in [-0.39, 0.29) is 35.5 Å². The number of benzene rings is 2. The topological polar surface area (TPSA) is 97.5 Å². The van der Waals surface area contributed by atoms with Gasteiger partial charge in [0.25, 0.3) is 5.92 Å². The number of anilines is 1. The summed E-state index contributed by atoms with van der Waals surface area (Å²) in [6.45, 7) is 0.0637. The number of carbonyl (C=O) groups is 2. The molecule has 30 heavy (non-hydrogen) atoms. The van der Waals surface area contributed by atoms with Crippen molar-refractivity contribution >= 4 is 27.2 Å². The van der Waals surface area contributed by atoms with Crippen LogP contribution in [0.2, 0.25) is 0 Å². The molecule has 0 aromatic heterocycles. The number of sulfone groups is 1. The zero-order chi connectivity index (χ0) is 21.7. The number of rotatable bonds is 5. The first-order valence-corrected chi connectivity index (χ1v) is 11.1. The number of carbonyl (C=O) groups excluding carboxylic acids is 2. The van der Waals surface area contributed by atoms with Crippen LogP contribution in [0.1, 0.15) is 28.8 Å². The van der Waals surface area contributed by atoms with Gasteiger partial charge in [0, 0.05) is 24.3 Å². The number of amides is 1. The van der Waals surface area contributed by atoms with Crippen LogP contribution in [0.4, 0.5) is 14.5 Å². The largest absolute Gasteiger partial charge is 0.319 e. The van der Waals surface area contributed by atoms with Crippen molar-refractivity contribution in [2.75, 3.05) is 10.7 Å². The van der Waals surface area contributed by atoms with E-state index in [0.29, 0.717) is 0 Å². The number of hydrogen-bond acceptors (Lipinski definition) is 5. The molecule has 4 rings (SSSR count). The van der Waals surface area contributed by atoms with E-state index < -0.39 is 45.2 Å². The number of Topliss-reactive ketones (excluding diaryl/α,β-unsaturated/α-hetero) is 1. The third-order valence-electron chi connectivity index (χ3n) is 5.46. The molecule has 6 nitrogen and oxygen atoms in total. The second-order valence-electron chi connectivity index (χ2n) is 7.77. The van der Waals surface area contributed by atoms with Crippen molar-refractivity contribution in [3.05, 3.63) is 59.7 Å². The molecule has 2 aliphatic rings. The van der Waals surface area contributed by atoms with Gasteiger partial charge in [0.05, 0.1) is 28.9 Å². The fraction of sp³-hybridized carbons (Fsp3) is 0.333. The number of alkyl halides is 2. The molecule has 0 bridgehead atoms. The number of hydrogen-bond donors (Lipinski definition) is 1. The molecular weight excluding hydrogens is 414 g/mol. The monoisotopic (exact) mass is 434 g/mol. The minimum absolute atomic E-state index is 0.0465. The summed E-state index contributed by atoms with van der Waals surface area (Å²) < 4.78 is 51.9. The standard InChI is InChI=1S/C21H20F2N2O4S/c22-21(23)10-15(21)9-18(26)14-6-7-19-17(8-14)25(11-13-4-2-1-3-5-13)20(27)16(24)12-30(19,28)29/h1-8,15-16H,9-12,24H2/t15-,16+/m1/s1. The first-order valence-electron chi connectivity index (χ1n) is 9.47. The Labute approximate surface area is 172 Å². The minimum atomic E-state index is -3.88. The fourth-order valence-electron chi connectivity index (χ4n) is 3.64. The Morgan fingerprint density at radius 1 is 1.17 bits per heavy atom. The molecule has 2 aromatic rings. The Morgan fingerprint density at radius 3 is 2.47 bits per heavy atom. The Hall–Kier alpha value is -2.65. The van der Waals surface area contributed by atoms with Crippen LogP contribution < -0.4 is 10.6 Å². The third kappa shape index (κ3) is 3.87. The average Bonchev–Trinajstić information content (AvgIpc) is 3.31. The lowest BCUT2D eigenvalue weighted by molar-refractivity contribution is -0.119. The second kappa shape index (κ2) is 7.24. The summed E-state index contributed by atoms with van der Waals surface area (Å²) in [7, 11) is -3.88. The molecule has 9 heteroatoms. The van der Waals surface area contributed by atoms with Crippen LogP contribution in [-0.2, 0) is 21.2 Å². The average molecular weight is 434 g/mol. The number of fused-ring (bicyclic) bond motifs is 1.